The maximum Gasteiger partial charge on any atom is 0.380 e. The lowest BCUT2D eigenvalue weighted by Gasteiger charge is -2.18. The van der Waals surface area contributed by atoms with E-state index < -0.39 is 11.6 Å². The van der Waals surface area contributed by atoms with E-state index in [0.29, 0.717) is 0 Å². The zero-order valence-electron chi connectivity index (χ0n) is 8.18. The molecule has 0 saturated heterocycles. The molecule has 0 radical (unpaired) electrons. The molecule has 0 spiro atoms. The van der Waals surface area contributed by atoms with E-state index in [4.69, 9.17) is 10.5 Å². The first-order chi connectivity index (χ1) is 6.38. The Morgan fingerprint density at radius 1 is 1.21 bits per heavy atom. The summed E-state index contributed by atoms with van der Waals surface area (Å²) in [6, 6.07) is 0. The van der Waals surface area contributed by atoms with Gasteiger partial charge in [-0.3, -0.25) is 0 Å². The fourth-order valence-electron chi connectivity index (χ4n) is 0.643. The van der Waals surface area contributed by atoms with Gasteiger partial charge in [-0.2, -0.15) is 0 Å². The van der Waals surface area contributed by atoms with Gasteiger partial charge in [0, 0.05) is 0 Å². The van der Waals surface area contributed by atoms with Gasteiger partial charge in [-0.25, -0.2) is 4.79 Å². The second-order valence-electron chi connectivity index (χ2n) is 3.58. The van der Waals surface area contributed by atoms with E-state index in [9.17, 15) is 4.79 Å². The first-order valence-electron chi connectivity index (χ1n) is 3.95. The first kappa shape index (κ1) is 10.3. The van der Waals surface area contributed by atoms with Gasteiger partial charge < -0.3 is 10.5 Å². The summed E-state index contributed by atoms with van der Waals surface area (Å²) in [5, 5.41) is 13.6. The van der Waals surface area contributed by atoms with Crippen LogP contribution in [0, 0.1) is 0 Å². The molecule has 0 aromatic carbocycles. The van der Waals surface area contributed by atoms with Crippen molar-refractivity contribution in [2.75, 3.05) is 5.73 Å². The van der Waals surface area contributed by atoms with Crippen molar-refractivity contribution >= 4 is 11.9 Å². The summed E-state index contributed by atoms with van der Waals surface area (Å²) >= 11 is 0. The molecule has 14 heavy (non-hydrogen) atoms. The first-order valence-corrected chi connectivity index (χ1v) is 3.95. The van der Waals surface area contributed by atoms with Gasteiger partial charge in [0.05, 0.1) is 0 Å². The molecule has 0 atom stereocenters. The largest absolute Gasteiger partial charge is 0.454 e. The third kappa shape index (κ3) is 2.92. The number of hydrogen-bond acceptors (Lipinski definition) is 7. The van der Waals surface area contributed by atoms with Gasteiger partial charge in [-0.05, 0) is 20.8 Å². The van der Waals surface area contributed by atoms with Crippen LogP contribution in [0.5, 0.6) is 0 Å². The summed E-state index contributed by atoms with van der Waals surface area (Å²) in [6.45, 7) is 5.22. The van der Waals surface area contributed by atoms with Crippen molar-refractivity contribution in [3.63, 3.8) is 0 Å². The molecular formula is C7H11N5O2. The summed E-state index contributed by atoms with van der Waals surface area (Å²) in [4.78, 5) is 11.3. The highest BCUT2D eigenvalue weighted by Crippen LogP contribution is 2.08. The van der Waals surface area contributed by atoms with Crippen LogP contribution in [0.2, 0.25) is 0 Å². The number of rotatable bonds is 1. The quantitative estimate of drug-likeness (QED) is 0.622. The lowest BCUT2D eigenvalue weighted by atomic mass is 10.2. The highest BCUT2D eigenvalue weighted by Gasteiger charge is 2.20. The van der Waals surface area contributed by atoms with Crippen LogP contribution in [0.25, 0.3) is 0 Å². The molecule has 1 heterocycles. The Hall–Kier alpha value is -1.79. The average molecular weight is 197 g/mol. The number of ether oxygens (including phenoxy) is 1. The van der Waals surface area contributed by atoms with E-state index in [1.54, 1.807) is 20.8 Å². The Kier molecular flexibility index (Phi) is 2.59. The summed E-state index contributed by atoms with van der Waals surface area (Å²) in [5.41, 5.74) is 4.56. The Labute approximate surface area is 80.7 Å². The molecule has 1 aromatic rings. The molecule has 0 fully saturated rings. The molecule has 0 aliphatic heterocycles. The molecule has 0 aliphatic rings. The average Bonchev–Trinajstić information content (AvgIpc) is 2.02. The zero-order chi connectivity index (χ0) is 10.8. The Morgan fingerprint density at radius 2 is 1.71 bits per heavy atom. The van der Waals surface area contributed by atoms with Gasteiger partial charge >= 0.3 is 5.97 Å². The van der Waals surface area contributed by atoms with Crippen LogP contribution in [0.1, 0.15) is 31.4 Å². The number of carbonyl (C=O) groups excluding carboxylic acids is 1. The van der Waals surface area contributed by atoms with Crippen LogP contribution < -0.4 is 5.73 Å². The van der Waals surface area contributed by atoms with Crippen LogP contribution in [0.15, 0.2) is 0 Å². The Bertz CT molecular complexity index is 329. The van der Waals surface area contributed by atoms with Crippen LogP contribution in [-0.2, 0) is 4.74 Å². The van der Waals surface area contributed by atoms with Crippen molar-refractivity contribution < 1.29 is 9.53 Å². The Balaban J connectivity index is 2.76. The van der Waals surface area contributed by atoms with Crippen LogP contribution in [0.3, 0.4) is 0 Å². The lowest BCUT2D eigenvalue weighted by Crippen LogP contribution is -2.25. The topological polar surface area (TPSA) is 104 Å². The van der Waals surface area contributed by atoms with Gasteiger partial charge in [-0.1, -0.05) is 0 Å². The van der Waals surface area contributed by atoms with E-state index >= 15 is 0 Å². The second kappa shape index (κ2) is 3.52. The van der Waals surface area contributed by atoms with Crippen molar-refractivity contribution in [2.45, 2.75) is 26.4 Å². The molecular weight excluding hydrogens is 186 g/mol. The third-order valence-corrected chi connectivity index (χ3v) is 1.08. The van der Waals surface area contributed by atoms with E-state index in [1.807, 2.05) is 0 Å². The minimum atomic E-state index is -0.669. The molecule has 1 aromatic heterocycles. The summed E-state index contributed by atoms with van der Waals surface area (Å²) in [7, 11) is 0. The number of carbonyl (C=O) groups is 1. The predicted octanol–water partition coefficient (Wildman–Crippen LogP) is -0.196. The molecule has 1 rings (SSSR count). The normalized spacial score (nSPS) is 11.1. The van der Waals surface area contributed by atoms with Gasteiger partial charge in [0.1, 0.15) is 5.60 Å². The van der Waals surface area contributed by atoms with Crippen molar-refractivity contribution in [3.8, 4) is 0 Å². The minimum absolute atomic E-state index is 0.0858. The second-order valence-corrected chi connectivity index (χ2v) is 3.58. The fraction of sp³-hybridized carbons (Fsp3) is 0.571. The summed E-state index contributed by atoms with van der Waals surface area (Å²) in [6.07, 6.45) is 0. The minimum Gasteiger partial charge on any atom is -0.454 e. The van der Waals surface area contributed by atoms with Gasteiger partial charge in [0.25, 0.3) is 11.8 Å². The highest BCUT2D eigenvalue weighted by molar-refractivity contribution is 5.85. The van der Waals surface area contributed by atoms with E-state index in [1.165, 1.54) is 0 Å². The molecule has 0 aliphatic carbocycles. The van der Waals surface area contributed by atoms with Crippen molar-refractivity contribution in [1.82, 2.24) is 20.4 Å². The molecule has 2 N–H and O–H groups in total. The number of aromatic nitrogens is 4. The third-order valence-electron chi connectivity index (χ3n) is 1.08. The highest BCUT2D eigenvalue weighted by atomic mass is 16.6. The maximum absolute atomic E-state index is 11.3. The lowest BCUT2D eigenvalue weighted by molar-refractivity contribution is 0.00526. The monoisotopic (exact) mass is 197 g/mol. The SMILES string of the molecule is CC(C)(C)OC(=O)c1nnc(N)nn1. The molecule has 7 nitrogen and oxygen atoms in total. The standard InChI is InChI=1S/C7H11N5O2/c1-7(2,3)14-5(13)4-9-11-6(8)12-10-4/h1-3H3,(H2,8,11,12). The van der Waals surface area contributed by atoms with Crippen LogP contribution in [0.4, 0.5) is 5.95 Å². The number of esters is 1. The van der Waals surface area contributed by atoms with Crippen LogP contribution >= 0.6 is 0 Å². The number of nitrogen functional groups attached to an aromatic ring is 1. The molecule has 0 bridgehead atoms. The summed E-state index contributed by atoms with van der Waals surface area (Å²) in [5.74, 6) is -0.955. The number of hydrogen-bond donors (Lipinski definition) is 1. The Morgan fingerprint density at radius 3 is 2.14 bits per heavy atom. The van der Waals surface area contributed by atoms with Gasteiger partial charge in [-0.15, -0.1) is 20.4 Å². The molecule has 0 amide bonds. The fourth-order valence-corrected chi connectivity index (χ4v) is 0.643. The number of nitrogens with zero attached hydrogens (tertiary/aromatic N) is 4. The van der Waals surface area contributed by atoms with Crippen molar-refractivity contribution in [2.24, 2.45) is 0 Å². The molecule has 76 valence electrons. The van der Waals surface area contributed by atoms with Gasteiger partial charge in [0.2, 0.25) is 0 Å². The van der Waals surface area contributed by atoms with Gasteiger partial charge in [0.15, 0.2) is 0 Å². The maximum atomic E-state index is 11.3. The van der Waals surface area contributed by atoms with E-state index in [0.717, 1.165) is 0 Å². The molecule has 0 saturated carbocycles. The predicted molar refractivity (Wildman–Crippen MR) is 47.2 cm³/mol. The number of nitrogens with two attached hydrogens (primary N) is 1. The molecule has 0 unspecified atom stereocenters. The van der Waals surface area contributed by atoms with E-state index in [-0.39, 0.29) is 11.8 Å². The van der Waals surface area contributed by atoms with Crippen molar-refractivity contribution in [1.29, 1.82) is 0 Å². The number of anilines is 1. The van der Waals surface area contributed by atoms with Crippen LogP contribution in [-0.4, -0.2) is 32.0 Å². The smallest absolute Gasteiger partial charge is 0.380 e. The molecule has 7 heteroatoms. The summed E-state index contributed by atoms with van der Waals surface area (Å²) < 4.78 is 4.98. The van der Waals surface area contributed by atoms with E-state index in [2.05, 4.69) is 20.4 Å². The van der Waals surface area contributed by atoms with Crippen molar-refractivity contribution in [3.05, 3.63) is 5.82 Å². The zero-order valence-corrected chi connectivity index (χ0v) is 8.18.